The molecule has 18 heavy (non-hydrogen) atoms. The molecule has 1 spiro atoms. The summed E-state index contributed by atoms with van der Waals surface area (Å²) in [6, 6.07) is 0. The van der Waals surface area contributed by atoms with Crippen molar-refractivity contribution in [2.45, 2.75) is 25.0 Å². The lowest BCUT2D eigenvalue weighted by atomic mass is 9.91. The van der Waals surface area contributed by atoms with Crippen molar-refractivity contribution >= 4 is 22.6 Å². The minimum Gasteiger partial charge on any atom is -0.347 e. The molecule has 2 aromatic rings. The van der Waals surface area contributed by atoms with E-state index in [-0.39, 0.29) is 0 Å². The molecule has 2 aliphatic rings. The summed E-state index contributed by atoms with van der Waals surface area (Å²) in [6.07, 6.45) is 3.95. The number of rotatable bonds is 0. The van der Waals surface area contributed by atoms with Gasteiger partial charge >= 0.3 is 0 Å². The normalized spacial score (nSPS) is 21.6. The molecule has 5 nitrogen and oxygen atoms in total. The second-order valence-corrected chi connectivity index (χ2v) is 5.11. The van der Waals surface area contributed by atoms with Gasteiger partial charge in [-0.2, -0.15) is 0 Å². The Morgan fingerprint density at radius 1 is 1.28 bits per heavy atom. The molecule has 0 atom stereocenters. The van der Waals surface area contributed by atoms with Crippen molar-refractivity contribution in [1.29, 1.82) is 0 Å². The summed E-state index contributed by atoms with van der Waals surface area (Å²) in [7, 11) is 0. The van der Waals surface area contributed by atoms with E-state index in [0.29, 0.717) is 18.4 Å². The summed E-state index contributed by atoms with van der Waals surface area (Å²) in [5.74, 6) is -0.437. The lowest BCUT2D eigenvalue weighted by Crippen LogP contribution is -2.36. The number of aromatic amines is 1. The molecule has 6 heteroatoms. The Bertz CT molecular complexity index is 619. The summed E-state index contributed by atoms with van der Waals surface area (Å²) in [5, 5.41) is 1.46. The van der Waals surface area contributed by atoms with Gasteiger partial charge in [0.1, 0.15) is 17.1 Å². The highest BCUT2D eigenvalue weighted by molar-refractivity contribution is 6.34. The molecule has 94 valence electrons. The molecule has 0 unspecified atom stereocenters. The van der Waals surface area contributed by atoms with E-state index in [2.05, 4.69) is 15.0 Å². The van der Waals surface area contributed by atoms with Gasteiger partial charge in [0.2, 0.25) is 0 Å². The van der Waals surface area contributed by atoms with Gasteiger partial charge in [-0.05, 0) is 12.0 Å². The van der Waals surface area contributed by atoms with Gasteiger partial charge in [-0.25, -0.2) is 9.97 Å². The Morgan fingerprint density at radius 3 is 2.94 bits per heavy atom. The number of nitrogens with zero attached hydrogens (tertiary/aromatic N) is 2. The van der Waals surface area contributed by atoms with Gasteiger partial charge in [0, 0.05) is 18.5 Å². The van der Waals surface area contributed by atoms with Gasteiger partial charge < -0.3 is 14.5 Å². The first-order valence-electron chi connectivity index (χ1n) is 6.05. The van der Waals surface area contributed by atoms with Gasteiger partial charge in [0.15, 0.2) is 5.79 Å². The number of aryl methyl sites for hydroxylation is 1. The van der Waals surface area contributed by atoms with Crippen LogP contribution >= 0.6 is 11.6 Å². The van der Waals surface area contributed by atoms with Gasteiger partial charge in [0.25, 0.3) is 0 Å². The van der Waals surface area contributed by atoms with Crippen LogP contribution in [0.15, 0.2) is 6.33 Å². The third-order valence-electron chi connectivity index (χ3n) is 3.75. The number of ether oxygens (including phenoxy) is 2. The molecule has 1 fully saturated rings. The number of H-pyrrole nitrogens is 1. The fourth-order valence-electron chi connectivity index (χ4n) is 2.94. The Hall–Kier alpha value is -1.17. The molecule has 3 heterocycles. The van der Waals surface area contributed by atoms with Crippen LogP contribution in [0.3, 0.4) is 0 Å². The summed E-state index contributed by atoms with van der Waals surface area (Å²) in [4.78, 5) is 11.6. The van der Waals surface area contributed by atoms with E-state index in [1.165, 1.54) is 11.9 Å². The van der Waals surface area contributed by atoms with Gasteiger partial charge in [0.05, 0.1) is 18.6 Å². The van der Waals surface area contributed by atoms with Crippen molar-refractivity contribution in [2.75, 3.05) is 13.2 Å². The number of hydrogen-bond donors (Lipinski definition) is 1. The standard InChI is InChI=1S/C12H12ClN3O2/c13-10-9-7-1-2-12(17-3-4-18-12)5-8(7)16-11(9)15-6-14-10/h6H,1-5H2,(H,14,15,16). The zero-order valence-electron chi connectivity index (χ0n) is 9.70. The Balaban J connectivity index is 1.86. The lowest BCUT2D eigenvalue weighted by Gasteiger charge is -2.31. The molecule has 0 radical (unpaired) electrons. The number of fused-ring (bicyclic) bond motifs is 3. The molecule has 1 N–H and O–H groups in total. The van der Waals surface area contributed by atoms with Crippen LogP contribution in [0.25, 0.3) is 11.0 Å². The molecule has 1 saturated heterocycles. The lowest BCUT2D eigenvalue weighted by molar-refractivity contribution is -0.164. The van der Waals surface area contributed by atoms with E-state index in [9.17, 15) is 0 Å². The molecule has 1 aliphatic heterocycles. The largest absolute Gasteiger partial charge is 0.347 e. The number of nitrogens with one attached hydrogen (secondary N) is 1. The highest BCUT2D eigenvalue weighted by atomic mass is 35.5. The average Bonchev–Trinajstić information content (AvgIpc) is 2.94. The smallest absolute Gasteiger partial charge is 0.174 e. The zero-order chi connectivity index (χ0) is 12.2. The topological polar surface area (TPSA) is 60.0 Å². The first kappa shape index (κ1) is 10.7. The number of halogens is 1. The second kappa shape index (κ2) is 3.66. The van der Waals surface area contributed by atoms with Crippen molar-refractivity contribution in [2.24, 2.45) is 0 Å². The van der Waals surface area contributed by atoms with Crippen molar-refractivity contribution in [1.82, 2.24) is 15.0 Å². The van der Waals surface area contributed by atoms with Crippen LogP contribution in [-0.2, 0) is 22.3 Å². The average molecular weight is 266 g/mol. The maximum absolute atomic E-state index is 6.15. The predicted molar refractivity (Wildman–Crippen MR) is 65.6 cm³/mol. The highest BCUT2D eigenvalue weighted by Crippen LogP contribution is 2.39. The minimum atomic E-state index is -0.437. The Morgan fingerprint density at radius 2 is 2.11 bits per heavy atom. The summed E-state index contributed by atoms with van der Waals surface area (Å²) < 4.78 is 11.5. The van der Waals surface area contributed by atoms with Crippen LogP contribution in [0.5, 0.6) is 0 Å². The van der Waals surface area contributed by atoms with Crippen molar-refractivity contribution < 1.29 is 9.47 Å². The summed E-state index contributed by atoms with van der Waals surface area (Å²) >= 11 is 6.15. The second-order valence-electron chi connectivity index (χ2n) is 4.75. The van der Waals surface area contributed by atoms with E-state index in [0.717, 1.165) is 36.0 Å². The Labute approximate surface area is 108 Å². The van der Waals surface area contributed by atoms with Gasteiger partial charge in [-0.1, -0.05) is 11.6 Å². The molecule has 4 rings (SSSR count). The Kier molecular flexibility index (Phi) is 2.18. The van der Waals surface area contributed by atoms with Gasteiger partial charge in [-0.3, -0.25) is 0 Å². The predicted octanol–water partition coefficient (Wildman–Crippen LogP) is 1.84. The van der Waals surface area contributed by atoms with E-state index in [4.69, 9.17) is 21.1 Å². The van der Waals surface area contributed by atoms with Gasteiger partial charge in [-0.15, -0.1) is 0 Å². The SMILES string of the molecule is Clc1ncnc2[nH]c3c(c12)CCC1(C3)OCCO1. The molecular formula is C12H12ClN3O2. The van der Waals surface area contributed by atoms with Crippen molar-refractivity contribution in [3.63, 3.8) is 0 Å². The maximum atomic E-state index is 6.15. The third kappa shape index (κ3) is 1.41. The number of hydrogen-bond acceptors (Lipinski definition) is 4. The quantitative estimate of drug-likeness (QED) is 0.739. The van der Waals surface area contributed by atoms with E-state index in [1.54, 1.807) is 0 Å². The minimum absolute atomic E-state index is 0.437. The third-order valence-corrected chi connectivity index (χ3v) is 4.04. The van der Waals surface area contributed by atoms with Crippen molar-refractivity contribution in [3.8, 4) is 0 Å². The summed E-state index contributed by atoms with van der Waals surface area (Å²) in [5.41, 5.74) is 3.12. The molecule has 0 amide bonds. The van der Waals surface area contributed by atoms with E-state index < -0.39 is 5.79 Å². The molecule has 0 aromatic carbocycles. The van der Waals surface area contributed by atoms with Crippen LogP contribution in [0, 0.1) is 0 Å². The van der Waals surface area contributed by atoms with Crippen molar-refractivity contribution in [3.05, 3.63) is 22.7 Å². The summed E-state index contributed by atoms with van der Waals surface area (Å²) in [6.45, 7) is 1.35. The fourth-order valence-corrected chi connectivity index (χ4v) is 3.19. The molecule has 0 bridgehead atoms. The highest BCUT2D eigenvalue weighted by Gasteiger charge is 2.41. The molecular weight excluding hydrogens is 254 g/mol. The van der Waals surface area contributed by atoms with Crippen LogP contribution in [-0.4, -0.2) is 34.0 Å². The van der Waals surface area contributed by atoms with E-state index in [1.807, 2.05) is 0 Å². The monoisotopic (exact) mass is 265 g/mol. The molecule has 2 aromatic heterocycles. The van der Waals surface area contributed by atoms with Crippen LogP contribution in [0.4, 0.5) is 0 Å². The number of aromatic nitrogens is 3. The maximum Gasteiger partial charge on any atom is 0.174 e. The van der Waals surface area contributed by atoms with Crippen LogP contribution in [0.2, 0.25) is 5.15 Å². The first-order chi connectivity index (χ1) is 8.77. The molecule has 0 saturated carbocycles. The van der Waals surface area contributed by atoms with Crippen LogP contribution < -0.4 is 0 Å². The fraction of sp³-hybridized carbons (Fsp3) is 0.500. The zero-order valence-corrected chi connectivity index (χ0v) is 10.5. The van der Waals surface area contributed by atoms with Crippen LogP contribution in [0.1, 0.15) is 17.7 Å². The first-order valence-corrected chi connectivity index (χ1v) is 6.43. The molecule has 1 aliphatic carbocycles. The van der Waals surface area contributed by atoms with E-state index >= 15 is 0 Å².